The highest BCUT2D eigenvalue weighted by Gasteiger charge is 2.34. The maximum atomic E-state index is 12.2. The lowest BCUT2D eigenvalue weighted by molar-refractivity contribution is -0.128. The summed E-state index contributed by atoms with van der Waals surface area (Å²) in [6.45, 7) is 2.53. The first kappa shape index (κ1) is 14.8. The minimum Gasteiger partial charge on any atom is -0.376 e. The van der Waals surface area contributed by atoms with Crippen LogP contribution in [0.5, 0.6) is 0 Å². The minimum atomic E-state index is -0.126. The van der Waals surface area contributed by atoms with E-state index in [0.29, 0.717) is 19.1 Å². The van der Waals surface area contributed by atoms with Crippen LogP contribution in [0.2, 0.25) is 0 Å². The van der Waals surface area contributed by atoms with Crippen LogP contribution < -0.4 is 10.6 Å². The van der Waals surface area contributed by atoms with E-state index in [1.807, 2.05) is 4.90 Å². The number of carbonyl (C=O) groups is 2. The monoisotopic (exact) mass is 295 g/mol. The SMILES string of the molecule is O=C(CN1CCCC1C(=O)NC1CC1)NCC1CCCO1. The van der Waals surface area contributed by atoms with Gasteiger partial charge in [0.15, 0.2) is 0 Å². The molecule has 6 nitrogen and oxygen atoms in total. The van der Waals surface area contributed by atoms with Crippen LogP contribution in [0.3, 0.4) is 0 Å². The lowest BCUT2D eigenvalue weighted by Gasteiger charge is -2.23. The van der Waals surface area contributed by atoms with Crippen LogP contribution in [-0.4, -0.2) is 61.1 Å². The van der Waals surface area contributed by atoms with Gasteiger partial charge in [0.05, 0.1) is 18.7 Å². The van der Waals surface area contributed by atoms with Crippen LogP contribution >= 0.6 is 0 Å². The third kappa shape index (κ3) is 4.17. The molecule has 1 aliphatic carbocycles. The van der Waals surface area contributed by atoms with Crippen molar-refractivity contribution in [2.45, 2.75) is 56.7 Å². The Bertz CT molecular complexity index is 392. The van der Waals surface area contributed by atoms with Gasteiger partial charge >= 0.3 is 0 Å². The molecule has 0 aromatic rings. The van der Waals surface area contributed by atoms with Crippen molar-refractivity contribution in [3.8, 4) is 0 Å². The molecule has 1 saturated carbocycles. The Morgan fingerprint density at radius 3 is 2.71 bits per heavy atom. The maximum Gasteiger partial charge on any atom is 0.237 e. The Labute approximate surface area is 125 Å². The number of ether oxygens (including phenoxy) is 1. The van der Waals surface area contributed by atoms with E-state index in [2.05, 4.69) is 10.6 Å². The Morgan fingerprint density at radius 2 is 2.00 bits per heavy atom. The van der Waals surface area contributed by atoms with Gasteiger partial charge in [-0.2, -0.15) is 0 Å². The van der Waals surface area contributed by atoms with Gasteiger partial charge in [0, 0.05) is 19.2 Å². The van der Waals surface area contributed by atoms with Crippen molar-refractivity contribution in [3.63, 3.8) is 0 Å². The molecule has 2 amide bonds. The van der Waals surface area contributed by atoms with Gasteiger partial charge in [-0.3, -0.25) is 14.5 Å². The minimum absolute atomic E-state index is 0.00313. The number of hydrogen-bond donors (Lipinski definition) is 2. The fraction of sp³-hybridized carbons (Fsp3) is 0.867. The predicted molar refractivity (Wildman–Crippen MR) is 77.7 cm³/mol. The lowest BCUT2D eigenvalue weighted by Crippen LogP contribution is -2.48. The van der Waals surface area contributed by atoms with E-state index in [-0.39, 0.29) is 24.0 Å². The number of nitrogens with zero attached hydrogens (tertiary/aromatic N) is 1. The van der Waals surface area contributed by atoms with Crippen molar-refractivity contribution in [1.82, 2.24) is 15.5 Å². The number of likely N-dealkylation sites (tertiary alicyclic amines) is 1. The third-order valence-corrected chi connectivity index (χ3v) is 4.49. The van der Waals surface area contributed by atoms with E-state index in [4.69, 9.17) is 4.74 Å². The van der Waals surface area contributed by atoms with Crippen molar-refractivity contribution < 1.29 is 14.3 Å². The molecule has 3 rings (SSSR count). The van der Waals surface area contributed by atoms with Crippen LogP contribution in [0.25, 0.3) is 0 Å². The van der Waals surface area contributed by atoms with E-state index >= 15 is 0 Å². The summed E-state index contributed by atoms with van der Waals surface area (Å²) >= 11 is 0. The molecule has 2 N–H and O–H groups in total. The van der Waals surface area contributed by atoms with Crippen molar-refractivity contribution >= 4 is 11.8 Å². The van der Waals surface area contributed by atoms with E-state index in [1.165, 1.54) is 0 Å². The van der Waals surface area contributed by atoms with E-state index in [9.17, 15) is 9.59 Å². The maximum absolute atomic E-state index is 12.2. The third-order valence-electron chi connectivity index (χ3n) is 4.49. The summed E-state index contributed by atoms with van der Waals surface area (Å²) < 4.78 is 5.49. The van der Waals surface area contributed by atoms with Crippen LogP contribution in [0.15, 0.2) is 0 Å². The Balaban J connectivity index is 1.41. The standard InChI is InChI=1S/C15H25N3O3/c19-14(16-9-12-3-2-8-21-12)10-18-7-1-4-13(18)15(20)17-11-5-6-11/h11-13H,1-10H2,(H,16,19)(H,17,20). The van der Waals surface area contributed by atoms with Crippen molar-refractivity contribution in [1.29, 1.82) is 0 Å². The van der Waals surface area contributed by atoms with Crippen LogP contribution in [0.1, 0.15) is 38.5 Å². The van der Waals surface area contributed by atoms with Gasteiger partial charge in [0.25, 0.3) is 0 Å². The molecule has 0 bridgehead atoms. The highest BCUT2D eigenvalue weighted by molar-refractivity contribution is 5.84. The van der Waals surface area contributed by atoms with Gasteiger partial charge in [-0.05, 0) is 45.1 Å². The summed E-state index contributed by atoms with van der Waals surface area (Å²) in [5.41, 5.74) is 0. The molecule has 0 aromatic carbocycles. The molecule has 3 aliphatic rings. The van der Waals surface area contributed by atoms with E-state index < -0.39 is 0 Å². The molecule has 2 unspecified atom stereocenters. The fourth-order valence-corrected chi connectivity index (χ4v) is 3.11. The molecule has 3 fully saturated rings. The van der Waals surface area contributed by atoms with Gasteiger partial charge < -0.3 is 15.4 Å². The molecule has 0 radical (unpaired) electrons. The quantitative estimate of drug-likeness (QED) is 0.725. The zero-order valence-corrected chi connectivity index (χ0v) is 12.5. The topological polar surface area (TPSA) is 70.7 Å². The summed E-state index contributed by atoms with van der Waals surface area (Å²) in [5, 5.41) is 5.97. The first-order chi connectivity index (χ1) is 10.2. The normalized spacial score (nSPS) is 29.5. The van der Waals surface area contributed by atoms with E-state index in [1.54, 1.807) is 0 Å². The Morgan fingerprint density at radius 1 is 1.14 bits per heavy atom. The highest BCUT2D eigenvalue weighted by atomic mass is 16.5. The van der Waals surface area contributed by atoms with Gasteiger partial charge in [0.1, 0.15) is 0 Å². The Kier molecular flexibility index (Phi) is 4.75. The molecular formula is C15H25N3O3. The largest absolute Gasteiger partial charge is 0.376 e. The molecule has 0 spiro atoms. The molecule has 2 atom stereocenters. The Hall–Kier alpha value is -1.14. The highest BCUT2D eigenvalue weighted by Crippen LogP contribution is 2.22. The average Bonchev–Trinajstić information content (AvgIpc) is 2.94. The molecule has 21 heavy (non-hydrogen) atoms. The van der Waals surface area contributed by atoms with E-state index in [0.717, 1.165) is 51.7 Å². The zero-order valence-electron chi connectivity index (χ0n) is 12.5. The second kappa shape index (κ2) is 6.75. The molecule has 0 aromatic heterocycles. The molecule has 118 valence electrons. The molecule has 6 heteroatoms. The number of rotatable bonds is 6. The summed E-state index contributed by atoms with van der Waals surface area (Å²) in [7, 11) is 0. The lowest BCUT2D eigenvalue weighted by atomic mass is 10.2. The predicted octanol–water partition coefficient (Wildman–Crippen LogP) is 0.0246. The smallest absolute Gasteiger partial charge is 0.237 e. The van der Waals surface area contributed by atoms with Crippen LogP contribution in [-0.2, 0) is 14.3 Å². The van der Waals surface area contributed by atoms with Gasteiger partial charge in [-0.15, -0.1) is 0 Å². The second-order valence-corrected chi connectivity index (χ2v) is 6.35. The summed E-state index contributed by atoms with van der Waals surface area (Å²) in [6, 6.07) is 0.257. The number of amides is 2. The first-order valence-corrected chi connectivity index (χ1v) is 8.15. The van der Waals surface area contributed by atoms with Crippen molar-refractivity contribution in [2.75, 3.05) is 26.2 Å². The summed E-state index contributed by atoms with van der Waals surface area (Å²) in [4.78, 5) is 26.2. The van der Waals surface area contributed by atoms with Crippen LogP contribution in [0, 0.1) is 0 Å². The average molecular weight is 295 g/mol. The number of hydrogen-bond acceptors (Lipinski definition) is 4. The van der Waals surface area contributed by atoms with Crippen molar-refractivity contribution in [2.24, 2.45) is 0 Å². The molecule has 2 saturated heterocycles. The number of carbonyl (C=O) groups excluding carboxylic acids is 2. The molecule has 2 heterocycles. The van der Waals surface area contributed by atoms with Gasteiger partial charge in [-0.1, -0.05) is 0 Å². The summed E-state index contributed by atoms with van der Waals surface area (Å²) in [6.07, 6.45) is 6.31. The fourth-order valence-electron chi connectivity index (χ4n) is 3.11. The molecule has 2 aliphatic heterocycles. The van der Waals surface area contributed by atoms with Crippen molar-refractivity contribution in [3.05, 3.63) is 0 Å². The van der Waals surface area contributed by atoms with Crippen LogP contribution in [0.4, 0.5) is 0 Å². The number of nitrogens with one attached hydrogen (secondary N) is 2. The molecular weight excluding hydrogens is 270 g/mol. The zero-order chi connectivity index (χ0) is 14.7. The van der Waals surface area contributed by atoms with Gasteiger partial charge in [0.2, 0.25) is 11.8 Å². The second-order valence-electron chi connectivity index (χ2n) is 6.35. The summed E-state index contributed by atoms with van der Waals surface area (Å²) in [5.74, 6) is 0.0959. The van der Waals surface area contributed by atoms with Gasteiger partial charge in [-0.25, -0.2) is 0 Å². The first-order valence-electron chi connectivity index (χ1n) is 8.15.